The molecular formula is C21H22N2O2S. The maximum Gasteiger partial charge on any atom is 0.266 e. The van der Waals surface area contributed by atoms with E-state index in [1.54, 1.807) is 12.0 Å². The van der Waals surface area contributed by atoms with E-state index in [1.165, 1.54) is 11.8 Å². The van der Waals surface area contributed by atoms with Crippen LogP contribution in [0.3, 0.4) is 0 Å². The molecule has 0 saturated carbocycles. The molecule has 3 rings (SSSR count). The van der Waals surface area contributed by atoms with Gasteiger partial charge in [0.05, 0.1) is 17.7 Å². The van der Waals surface area contributed by atoms with Crippen LogP contribution in [-0.4, -0.2) is 29.6 Å². The fourth-order valence-electron chi connectivity index (χ4n) is 2.58. The number of aliphatic imine (C=N–C) groups is 1. The van der Waals surface area contributed by atoms with Gasteiger partial charge in [-0.1, -0.05) is 44.2 Å². The molecule has 1 amide bonds. The van der Waals surface area contributed by atoms with Crippen molar-refractivity contribution in [2.75, 3.05) is 13.7 Å². The first-order valence-corrected chi connectivity index (χ1v) is 9.37. The van der Waals surface area contributed by atoms with E-state index in [1.807, 2.05) is 60.7 Å². The van der Waals surface area contributed by atoms with Crippen molar-refractivity contribution in [1.29, 1.82) is 0 Å². The van der Waals surface area contributed by atoms with Gasteiger partial charge in [-0.15, -0.1) is 0 Å². The first-order chi connectivity index (χ1) is 12.6. The summed E-state index contributed by atoms with van der Waals surface area (Å²) in [6.45, 7) is 4.85. The lowest BCUT2D eigenvalue weighted by Crippen LogP contribution is -2.32. The smallest absolute Gasteiger partial charge is 0.266 e. The Morgan fingerprint density at radius 1 is 1.12 bits per heavy atom. The second-order valence-electron chi connectivity index (χ2n) is 6.42. The van der Waals surface area contributed by atoms with Gasteiger partial charge in [-0.05, 0) is 53.6 Å². The van der Waals surface area contributed by atoms with Crippen molar-refractivity contribution in [3.63, 3.8) is 0 Å². The minimum Gasteiger partial charge on any atom is -0.497 e. The predicted molar refractivity (Wildman–Crippen MR) is 109 cm³/mol. The number of rotatable bonds is 5. The topological polar surface area (TPSA) is 41.9 Å². The average molecular weight is 366 g/mol. The van der Waals surface area contributed by atoms with Gasteiger partial charge in [0.15, 0.2) is 5.17 Å². The van der Waals surface area contributed by atoms with Crippen molar-refractivity contribution in [3.05, 3.63) is 65.1 Å². The zero-order chi connectivity index (χ0) is 18.5. The summed E-state index contributed by atoms with van der Waals surface area (Å²) in [4.78, 5) is 20.0. The highest BCUT2D eigenvalue weighted by molar-refractivity contribution is 8.18. The molecule has 2 aromatic rings. The van der Waals surface area contributed by atoms with E-state index in [4.69, 9.17) is 4.74 Å². The Hall–Kier alpha value is -2.53. The van der Waals surface area contributed by atoms with Crippen molar-refractivity contribution < 1.29 is 9.53 Å². The summed E-state index contributed by atoms with van der Waals surface area (Å²) in [6.07, 6.45) is 1.91. The number of benzene rings is 2. The van der Waals surface area contributed by atoms with Crippen LogP contribution < -0.4 is 4.74 Å². The van der Waals surface area contributed by atoms with Gasteiger partial charge < -0.3 is 4.74 Å². The van der Waals surface area contributed by atoms with Gasteiger partial charge in [-0.3, -0.25) is 9.69 Å². The molecule has 1 heterocycles. The van der Waals surface area contributed by atoms with E-state index in [9.17, 15) is 4.79 Å². The Morgan fingerprint density at radius 2 is 1.81 bits per heavy atom. The zero-order valence-electron chi connectivity index (χ0n) is 15.2. The van der Waals surface area contributed by atoms with Crippen molar-refractivity contribution >= 4 is 34.6 Å². The fourth-order valence-corrected chi connectivity index (χ4v) is 3.59. The molecule has 1 aliphatic heterocycles. The van der Waals surface area contributed by atoms with Gasteiger partial charge in [0, 0.05) is 6.54 Å². The van der Waals surface area contributed by atoms with Gasteiger partial charge in [-0.25, -0.2) is 4.99 Å². The molecule has 0 spiro atoms. The Labute approximate surface area is 158 Å². The molecule has 0 atom stereocenters. The standard InChI is InChI=1S/C21H22N2O2S/c1-15(2)14-23-20(24)19(13-16-9-11-18(25-3)12-10-16)26-21(23)22-17-7-5-4-6-8-17/h4-13,15H,14H2,1-3H3/b19-13-,22-21?. The van der Waals surface area contributed by atoms with Crippen LogP contribution in [0.2, 0.25) is 0 Å². The third-order valence-corrected chi connectivity index (χ3v) is 4.84. The summed E-state index contributed by atoms with van der Waals surface area (Å²) in [5.41, 5.74) is 1.81. The van der Waals surface area contributed by atoms with Crippen LogP contribution in [0, 0.1) is 5.92 Å². The third-order valence-electron chi connectivity index (χ3n) is 3.83. The minimum absolute atomic E-state index is 0.00852. The van der Waals surface area contributed by atoms with E-state index in [0.717, 1.165) is 22.2 Å². The number of hydrogen-bond donors (Lipinski definition) is 0. The average Bonchev–Trinajstić information content (AvgIpc) is 2.91. The number of ether oxygens (including phenoxy) is 1. The largest absolute Gasteiger partial charge is 0.497 e. The molecular weight excluding hydrogens is 344 g/mol. The van der Waals surface area contributed by atoms with Gasteiger partial charge in [-0.2, -0.15) is 0 Å². The normalized spacial score (nSPS) is 17.5. The number of carbonyl (C=O) groups excluding carboxylic acids is 1. The molecule has 26 heavy (non-hydrogen) atoms. The molecule has 5 heteroatoms. The first kappa shape index (κ1) is 18.3. The summed E-state index contributed by atoms with van der Waals surface area (Å²) in [6, 6.07) is 17.4. The molecule has 0 bridgehead atoms. The van der Waals surface area contributed by atoms with Gasteiger partial charge in [0.1, 0.15) is 5.75 Å². The Morgan fingerprint density at radius 3 is 2.42 bits per heavy atom. The van der Waals surface area contributed by atoms with E-state index in [2.05, 4.69) is 18.8 Å². The number of methoxy groups -OCH3 is 1. The summed E-state index contributed by atoms with van der Waals surface area (Å²) >= 11 is 1.42. The molecule has 0 aliphatic carbocycles. The molecule has 1 aliphatic rings. The lowest BCUT2D eigenvalue weighted by Gasteiger charge is -2.17. The van der Waals surface area contributed by atoms with Crippen molar-refractivity contribution in [2.45, 2.75) is 13.8 Å². The number of carbonyl (C=O) groups is 1. The van der Waals surface area contributed by atoms with Crippen LogP contribution in [-0.2, 0) is 4.79 Å². The highest BCUT2D eigenvalue weighted by Crippen LogP contribution is 2.34. The second-order valence-corrected chi connectivity index (χ2v) is 7.43. The maximum absolute atomic E-state index is 12.9. The van der Waals surface area contributed by atoms with E-state index >= 15 is 0 Å². The number of nitrogens with zero attached hydrogens (tertiary/aromatic N) is 2. The number of amides is 1. The van der Waals surface area contributed by atoms with E-state index in [0.29, 0.717) is 17.4 Å². The molecule has 2 aromatic carbocycles. The highest BCUT2D eigenvalue weighted by Gasteiger charge is 2.33. The Balaban J connectivity index is 1.91. The predicted octanol–water partition coefficient (Wildman–Crippen LogP) is 4.96. The van der Waals surface area contributed by atoms with Gasteiger partial charge >= 0.3 is 0 Å². The van der Waals surface area contributed by atoms with Crippen LogP contribution in [0.5, 0.6) is 5.75 Å². The van der Waals surface area contributed by atoms with Crippen LogP contribution in [0.1, 0.15) is 19.4 Å². The van der Waals surface area contributed by atoms with Crippen molar-refractivity contribution in [1.82, 2.24) is 4.90 Å². The highest BCUT2D eigenvalue weighted by atomic mass is 32.2. The minimum atomic E-state index is 0.00852. The molecule has 0 N–H and O–H groups in total. The number of hydrogen-bond acceptors (Lipinski definition) is 4. The number of amidine groups is 1. The maximum atomic E-state index is 12.9. The zero-order valence-corrected chi connectivity index (χ0v) is 16.0. The third kappa shape index (κ3) is 4.35. The molecule has 134 valence electrons. The molecule has 1 fully saturated rings. The van der Waals surface area contributed by atoms with Crippen LogP contribution in [0.4, 0.5) is 5.69 Å². The van der Waals surface area contributed by atoms with Gasteiger partial charge in [0.25, 0.3) is 5.91 Å². The van der Waals surface area contributed by atoms with Crippen molar-refractivity contribution in [3.8, 4) is 5.75 Å². The van der Waals surface area contributed by atoms with Crippen LogP contribution >= 0.6 is 11.8 Å². The summed E-state index contributed by atoms with van der Waals surface area (Å²) in [5.74, 6) is 1.17. The SMILES string of the molecule is COc1ccc(/C=C2\SC(=Nc3ccccc3)N(CC(C)C)C2=O)cc1. The lowest BCUT2D eigenvalue weighted by atomic mass is 10.2. The summed E-state index contributed by atoms with van der Waals surface area (Å²) in [7, 11) is 1.64. The summed E-state index contributed by atoms with van der Waals surface area (Å²) in [5, 5.41) is 0.731. The second kappa shape index (κ2) is 8.23. The molecule has 0 aromatic heterocycles. The van der Waals surface area contributed by atoms with Crippen molar-refractivity contribution in [2.24, 2.45) is 10.9 Å². The number of para-hydroxylation sites is 1. The first-order valence-electron chi connectivity index (χ1n) is 8.56. The monoisotopic (exact) mass is 366 g/mol. The Kier molecular flexibility index (Phi) is 5.78. The molecule has 0 unspecified atom stereocenters. The fraction of sp³-hybridized carbons (Fsp3) is 0.238. The van der Waals surface area contributed by atoms with Crippen LogP contribution in [0.15, 0.2) is 64.5 Å². The quantitative estimate of drug-likeness (QED) is 0.703. The Bertz CT molecular complexity index is 827. The van der Waals surface area contributed by atoms with Gasteiger partial charge in [0.2, 0.25) is 0 Å². The molecule has 4 nitrogen and oxygen atoms in total. The summed E-state index contributed by atoms with van der Waals surface area (Å²) < 4.78 is 5.18. The lowest BCUT2D eigenvalue weighted by molar-refractivity contribution is -0.122. The molecule has 0 radical (unpaired) electrons. The van der Waals surface area contributed by atoms with Crippen LogP contribution in [0.25, 0.3) is 6.08 Å². The molecule has 1 saturated heterocycles. The van der Waals surface area contributed by atoms with E-state index < -0.39 is 0 Å². The van der Waals surface area contributed by atoms with E-state index in [-0.39, 0.29) is 5.91 Å². The number of thioether (sulfide) groups is 1.